The van der Waals surface area contributed by atoms with Gasteiger partial charge < -0.3 is 64.1 Å². The summed E-state index contributed by atoms with van der Waals surface area (Å²) in [4.78, 5) is 73.0. The Hall–Kier alpha value is -11.9. The van der Waals surface area contributed by atoms with Gasteiger partial charge in [0.2, 0.25) is 0 Å². The first kappa shape index (κ1) is 83.1. The van der Waals surface area contributed by atoms with Crippen molar-refractivity contribution in [3.8, 4) is 91.0 Å². The number of piperidine rings is 2. The van der Waals surface area contributed by atoms with Crippen LogP contribution in [0.4, 0.5) is 5.69 Å². The number of benzene rings is 4. The third-order valence-electron chi connectivity index (χ3n) is 22.6. The number of nitrogens with one attached hydrogen (secondary N) is 4. The molecule has 0 radical (unpaired) electrons. The van der Waals surface area contributed by atoms with Crippen molar-refractivity contribution >= 4 is 33.8 Å². The van der Waals surface area contributed by atoms with Crippen molar-refractivity contribution in [3.63, 3.8) is 0 Å². The van der Waals surface area contributed by atoms with Crippen LogP contribution in [0.3, 0.4) is 0 Å². The number of methoxy groups -OCH3 is 8. The highest BCUT2D eigenvalue weighted by molar-refractivity contribution is 5.73. The molecule has 0 spiro atoms. The van der Waals surface area contributed by atoms with E-state index in [0.717, 1.165) is 148 Å². The van der Waals surface area contributed by atoms with Crippen LogP contribution in [0.15, 0.2) is 184 Å². The summed E-state index contributed by atoms with van der Waals surface area (Å²) in [6, 6.07) is 42.1. The van der Waals surface area contributed by atoms with Crippen LogP contribution in [0.25, 0.3) is 73.2 Å². The third kappa shape index (κ3) is 19.1. The average Bonchev–Trinajstić information content (AvgIpc) is 0.786. The summed E-state index contributed by atoms with van der Waals surface area (Å²) in [6.07, 6.45) is 22.0. The number of hydrogen-bond donors (Lipinski definition) is 4. The Morgan fingerprint density at radius 3 is 1.33 bits per heavy atom. The lowest BCUT2D eigenvalue weighted by Gasteiger charge is -2.34. The zero-order valence-corrected chi connectivity index (χ0v) is 69.0. The Morgan fingerprint density at radius 2 is 0.897 bits per heavy atom. The van der Waals surface area contributed by atoms with E-state index in [9.17, 15) is 19.2 Å². The molecule has 11 heterocycles. The second-order valence-corrected chi connectivity index (χ2v) is 29.7. The highest BCUT2D eigenvalue weighted by atomic mass is 16.5. The predicted octanol–water partition coefficient (Wildman–Crippen LogP) is 13.4. The Kier molecular flexibility index (Phi) is 27.5. The minimum absolute atomic E-state index is 0.0782. The quantitative estimate of drug-likeness (QED) is 0.0521. The van der Waals surface area contributed by atoms with Crippen LogP contribution < -0.4 is 86.3 Å². The summed E-state index contributed by atoms with van der Waals surface area (Å²) in [5.41, 5.74) is 15.9. The molecule has 4 aromatic carbocycles. The van der Waals surface area contributed by atoms with Gasteiger partial charge in [-0.3, -0.25) is 36.8 Å². The number of nitrogens with zero attached hydrogens (tertiary/aromatic N) is 9. The Bertz CT molecular complexity index is 5800. The van der Waals surface area contributed by atoms with E-state index in [-0.39, 0.29) is 22.2 Å². The van der Waals surface area contributed by atoms with Gasteiger partial charge in [0.05, 0.1) is 85.3 Å². The van der Waals surface area contributed by atoms with Gasteiger partial charge in [-0.15, -0.1) is 0 Å². The smallest absolute Gasteiger partial charge is 0.258 e. The molecular formula is C92H107N13O12. The molecule has 117 heavy (non-hydrogen) atoms. The third-order valence-corrected chi connectivity index (χ3v) is 22.6. The molecule has 4 N–H and O–H groups in total. The van der Waals surface area contributed by atoms with Crippen molar-refractivity contribution in [1.82, 2.24) is 58.8 Å². The molecule has 25 heteroatoms. The van der Waals surface area contributed by atoms with Crippen LogP contribution in [-0.4, -0.2) is 159 Å². The molecule has 3 aliphatic heterocycles. The predicted molar refractivity (Wildman–Crippen MR) is 462 cm³/mol. The van der Waals surface area contributed by atoms with Crippen molar-refractivity contribution < 1.29 is 37.9 Å². The largest absolute Gasteiger partial charge is 0.493 e. The summed E-state index contributed by atoms with van der Waals surface area (Å²) >= 11 is 0. The molecule has 3 fully saturated rings. The molecule has 16 rings (SSSR count). The van der Waals surface area contributed by atoms with Crippen LogP contribution in [0.5, 0.6) is 46.0 Å². The number of aryl methyl sites for hydroxylation is 2. The molecule has 1 unspecified atom stereocenters. The van der Waals surface area contributed by atoms with E-state index in [1.165, 1.54) is 29.5 Å². The van der Waals surface area contributed by atoms with Gasteiger partial charge in [-0.25, -0.2) is 19.9 Å². The lowest BCUT2D eigenvalue weighted by molar-refractivity contribution is 0.355. The van der Waals surface area contributed by atoms with Gasteiger partial charge >= 0.3 is 0 Å². The molecule has 0 amide bonds. The molecule has 12 aromatic rings. The van der Waals surface area contributed by atoms with Crippen LogP contribution in [0, 0.1) is 6.92 Å². The number of anilines is 1. The molecule has 4 aliphatic rings. The van der Waals surface area contributed by atoms with E-state index in [4.69, 9.17) is 52.8 Å². The number of hydrogen-bond acceptors (Lipinski definition) is 21. The fraction of sp³-hybridized carbons (Fsp3) is 0.370. The topological polar surface area (TPSA) is 263 Å². The standard InChI is InChI=1S/C25H32N4O3.C23H27N3O3.C23H25N3O3.C21H23N3O3/c1-5-10-26-19-8-11-28(12-9-19)20-13-17(2)25-27-21(15-24(30)29(25)16-20)18-6-7-22(31-3)23(14-18)32-4;1-24-18-8-4-15(5-9-18)17-7-11-22-25-19(13-23(27)26(22)14-17)16-6-10-20(28-2)21(12-16)29-3;1-4-15-11-18(16-7-9-24-10-8-16)14-26-22(27)13-19(25-23(15)26)17-5-6-20(28-2)21(12-17)29-3;1-26-18-7-5-14(10-19(18)27-2)17-11-21(25)24-13-16(6-8-20(24)23-17)15-4-3-9-22-12-15/h6-7,13-16,19,26H,5,8-12H2,1-4H3;6-7,10-15,18,24H,4-5,8-9H2,1-3H3;5-7,11-14,24H,4,8-10H2,1-3H3;5-8,10-11,13,15,22H,3-4,9,12H2,1-2H3. The molecule has 2 saturated heterocycles. The van der Waals surface area contributed by atoms with Crippen molar-refractivity contribution in [2.45, 2.75) is 115 Å². The summed E-state index contributed by atoms with van der Waals surface area (Å²) in [5, 5.41) is 13.7. The van der Waals surface area contributed by atoms with Crippen LogP contribution >= 0.6 is 0 Å². The fourth-order valence-electron chi connectivity index (χ4n) is 16.0. The van der Waals surface area contributed by atoms with Gasteiger partial charge in [-0.2, -0.15) is 0 Å². The van der Waals surface area contributed by atoms with Crippen molar-refractivity contribution in [1.29, 1.82) is 0 Å². The van der Waals surface area contributed by atoms with Crippen LogP contribution in [0.2, 0.25) is 0 Å². The number of aromatic nitrogens is 8. The summed E-state index contributed by atoms with van der Waals surface area (Å²) in [5.74, 6) is 5.95. The van der Waals surface area contributed by atoms with E-state index in [1.807, 2.05) is 124 Å². The first-order valence-corrected chi connectivity index (χ1v) is 40.3. The SMILES string of the molecule is CCCNC1CCN(c2cc(C)c3nc(-c4ccc(OC)c(OC)c4)cc(=O)n3c2)CC1.CCc1cc(C2=CCNCC2)cn2c(=O)cc(-c3ccc(OC)c(OC)c3)nc12.CNC1CCC(c2ccc3nc(-c4ccc(OC)c(OC)c4)cc(=O)n3c2)CC1.COc1ccc(-c2cc(=O)n3cc(C4CCCNC4)ccc3n2)cc1OC. The first-order valence-electron chi connectivity index (χ1n) is 40.3. The van der Waals surface area contributed by atoms with E-state index < -0.39 is 0 Å². The highest BCUT2D eigenvalue weighted by Crippen LogP contribution is 2.38. The van der Waals surface area contributed by atoms with Gasteiger partial charge in [-0.05, 0) is 247 Å². The number of pyridine rings is 4. The summed E-state index contributed by atoms with van der Waals surface area (Å²) in [7, 11) is 14.8. The monoisotopic (exact) mass is 1590 g/mol. The molecular weight excluding hydrogens is 1480 g/mol. The molecule has 0 bridgehead atoms. The zero-order chi connectivity index (χ0) is 82.2. The van der Waals surface area contributed by atoms with E-state index in [0.29, 0.717) is 115 Å². The Balaban J connectivity index is 0.000000136. The maximum Gasteiger partial charge on any atom is 0.258 e. The molecule has 1 saturated carbocycles. The van der Waals surface area contributed by atoms with E-state index in [2.05, 4.69) is 75.3 Å². The first-order chi connectivity index (χ1) is 57.0. The average molecular weight is 1590 g/mol. The van der Waals surface area contributed by atoms with Crippen molar-refractivity contribution in [2.75, 3.05) is 115 Å². The molecule has 1 atom stereocenters. The normalized spacial score (nSPS) is 16.2. The number of ether oxygens (including phenoxy) is 8. The van der Waals surface area contributed by atoms with E-state index >= 15 is 0 Å². The molecule has 612 valence electrons. The van der Waals surface area contributed by atoms with Gasteiger partial charge in [-0.1, -0.05) is 32.1 Å². The Morgan fingerprint density at radius 1 is 0.436 bits per heavy atom. The Labute approximate surface area is 681 Å². The minimum atomic E-state index is -0.0933. The zero-order valence-electron chi connectivity index (χ0n) is 69.0. The molecule has 8 aromatic heterocycles. The van der Waals surface area contributed by atoms with Crippen LogP contribution in [-0.2, 0) is 6.42 Å². The van der Waals surface area contributed by atoms with Crippen molar-refractivity contribution in [2.24, 2.45) is 0 Å². The maximum atomic E-state index is 13.0. The molecule has 25 nitrogen and oxygen atoms in total. The van der Waals surface area contributed by atoms with E-state index in [1.54, 1.807) is 98.7 Å². The summed E-state index contributed by atoms with van der Waals surface area (Å²) < 4.78 is 49.3. The second kappa shape index (κ2) is 38.7. The lowest BCUT2D eigenvalue weighted by atomic mass is 9.82. The summed E-state index contributed by atoms with van der Waals surface area (Å²) in [6.45, 7) is 13.2. The number of fused-ring (bicyclic) bond motifs is 4. The van der Waals surface area contributed by atoms with Crippen molar-refractivity contribution in [3.05, 3.63) is 234 Å². The van der Waals surface area contributed by atoms with Gasteiger partial charge in [0.1, 0.15) is 22.6 Å². The lowest BCUT2D eigenvalue weighted by Crippen LogP contribution is -2.43. The van der Waals surface area contributed by atoms with Crippen LogP contribution in [0.1, 0.15) is 118 Å². The number of rotatable bonds is 21. The highest BCUT2D eigenvalue weighted by Gasteiger charge is 2.25. The van der Waals surface area contributed by atoms with Gasteiger partial charge in [0.25, 0.3) is 22.2 Å². The van der Waals surface area contributed by atoms with Gasteiger partial charge in [0, 0.05) is 110 Å². The second-order valence-electron chi connectivity index (χ2n) is 29.7. The van der Waals surface area contributed by atoms with Gasteiger partial charge in [0.15, 0.2) is 46.0 Å². The minimum Gasteiger partial charge on any atom is -0.493 e. The maximum absolute atomic E-state index is 13.0. The molecule has 1 aliphatic carbocycles. The fourth-order valence-corrected chi connectivity index (χ4v) is 16.0.